The van der Waals surface area contributed by atoms with Crippen LogP contribution < -0.4 is 0 Å². The Labute approximate surface area is 62.2 Å². The molecule has 2 fully saturated rings. The number of fused-ring (bicyclic) bond motifs is 1. The minimum absolute atomic E-state index is 0.283. The van der Waals surface area contributed by atoms with E-state index in [0.29, 0.717) is 6.10 Å². The molecule has 2 aliphatic rings. The second-order valence-electron chi connectivity index (χ2n) is 3.56. The lowest BCUT2D eigenvalue weighted by Crippen LogP contribution is -2.37. The number of piperidine rings is 1. The predicted octanol–water partition coefficient (Wildman–Crippen LogP) is 0.869. The van der Waals surface area contributed by atoms with Crippen molar-refractivity contribution in [3.05, 3.63) is 0 Å². The van der Waals surface area contributed by atoms with E-state index in [1.807, 2.05) is 0 Å². The third-order valence-electron chi connectivity index (χ3n) is 2.83. The van der Waals surface area contributed by atoms with Gasteiger partial charge < -0.3 is 9.64 Å². The first-order valence-electron chi connectivity index (χ1n) is 4.15. The molecule has 0 aromatic heterocycles. The minimum Gasteiger partial charge on any atom is -0.365 e. The van der Waals surface area contributed by atoms with Crippen LogP contribution in [0.3, 0.4) is 0 Å². The number of epoxide rings is 1. The normalized spacial score (nSPS) is 46.8. The molecule has 0 N–H and O–H groups in total. The van der Waals surface area contributed by atoms with E-state index in [1.165, 1.54) is 19.5 Å². The monoisotopic (exact) mass is 141 g/mol. The van der Waals surface area contributed by atoms with E-state index in [4.69, 9.17) is 4.74 Å². The Hall–Kier alpha value is -0.0800. The standard InChI is InChI=1S/C8H15NO/c1-3-9-5-4-8(2)7(6-9)10-8/h7H,3-6H2,1-2H3/t7-,8-/m1/s1. The highest BCUT2D eigenvalue weighted by molar-refractivity contribution is 5.03. The summed E-state index contributed by atoms with van der Waals surface area (Å²) < 4.78 is 5.56. The summed E-state index contributed by atoms with van der Waals surface area (Å²) in [5.41, 5.74) is 0.283. The second kappa shape index (κ2) is 1.95. The molecule has 0 amide bonds. The third-order valence-corrected chi connectivity index (χ3v) is 2.83. The van der Waals surface area contributed by atoms with Crippen LogP contribution in [0.15, 0.2) is 0 Å². The van der Waals surface area contributed by atoms with E-state index in [0.717, 1.165) is 6.54 Å². The van der Waals surface area contributed by atoms with Gasteiger partial charge in [-0.2, -0.15) is 0 Å². The van der Waals surface area contributed by atoms with Gasteiger partial charge in [-0.25, -0.2) is 0 Å². The van der Waals surface area contributed by atoms with E-state index in [1.54, 1.807) is 0 Å². The maximum Gasteiger partial charge on any atom is 0.0997 e. The summed E-state index contributed by atoms with van der Waals surface area (Å²) in [6, 6.07) is 0. The molecule has 0 radical (unpaired) electrons. The predicted molar refractivity (Wildman–Crippen MR) is 40.0 cm³/mol. The van der Waals surface area contributed by atoms with Crippen molar-refractivity contribution in [2.24, 2.45) is 0 Å². The average molecular weight is 141 g/mol. The minimum atomic E-state index is 0.283. The van der Waals surface area contributed by atoms with Crippen LogP contribution in [0.4, 0.5) is 0 Å². The molecular weight excluding hydrogens is 126 g/mol. The summed E-state index contributed by atoms with van der Waals surface area (Å²) >= 11 is 0. The van der Waals surface area contributed by atoms with Crippen LogP contribution >= 0.6 is 0 Å². The van der Waals surface area contributed by atoms with Crippen LogP contribution in [-0.4, -0.2) is 36.2 Å². The molecule has 2 nitrogen and oxygen atoms in total. The fraction of sp³-hybridized carbons (Fsp3) is 1.00. The Morgan fingerprint density at radius 1 is 1.70 bits per heavy atom. The van der Waals surface area contributed by atoms with Crippen molar-refractivity contribution < 1.29 is 4.74 Å². The highest BCUT2D eigenvalue weighted by Gasteiger charge is 2.54. The van der Waals surface area contributed by atoms with Crippen LogP contribution in [0, 0.1) is 0 Å². The zero-order valence-electron chi connectivity index (χ0n) is 6.76. The first-order chi connectivity index (χ1) is 4.74. The lowest BCUT2D eigenvalue weighted by atomic mass is 9.99. The molecule has 2 atom stereocenters. The van der Waals surface area contributed by atoms with Gasteiger partial charge in [0, 0.05) is 13.1 Å². The molecule has 2 saturated heterocycles. The van der Waals surface area contributed by atoms with Crippen molar-refractivity contribution in [3.8, 4) is 0 Å². The Bertz CT molecular complexity index is 148. The summed E-state index contributed by atoms with van der Waals surface area (Å²) in [5, 5.41) is 0. The maximum absolute atomic E-state index is 5.56. The molecule has 0 aromatic rings. The van der Waals surface area contributed by atoms with Crippen LogP contribution in [0.2, 0.25) is 0 Å². The van der Waals surface area contributed by atoms with E-state index in [-0.39, 0.29) is 5.60 Å². The molecule has 58 valence electrons. The van der Waals surface area contributed by atoms with Crippen molar-refractivity contribution in [1.82, 2.24) is 4.90 Å². The summed E-state index contributed by atoms with van der Waals surface area (Å²) in [4.78, 5) is 2.46. The zero-order chi connectivity index (χ0) is 7.19. The maximum atomic E-state index is 5.56. The zero-order valence-corrected chi connectivity index (χ0v) is 6.76. The number of likely N-dealkylation sites (tertiary alicyclic amines) is 1. The Balaban J connectivity index is 1.93. The Morgan fingerprint density at radius 3 is 3.10 bits per heavy atom. The largest absolute Gasteiger partial charge is 0.365 e. The lowest BCUT2D eigenvalue weighted by molar-refractivity contribution is 0.241. The fourth-order valence-electron chi connectivity index (χ4n) is 1.73. The van der Waals surface area contributed by atoms with Gasteiger partial charge in [0.15, 0.2) is 0 Å². The highest BCUT2D eigenvalue weighted by Crippen LogP contribution is 2.42. The van der Waals surface area contributed by atoms with Crippen LogP contribution in [0.1, 0.15) is 20.3 Å². The average Bonchev–Trinajstić information content (AvgIpc) is 2.59. The van der Waals surface area contributed by atoms with Gasteiger partial charge in [-0.1, -0.05) is 6.92 Å². The first kappa shape index (κ1) is 6.62. The number of likely N-dealkylation sites (N-methyl/N-ethyl adjacent to an activating group) is 1. The van der Waals surface area contributed by atoms with Crippen LogP contribution in [0.25, 0.3) is 0 Å². The molecule has 0 saturated carbocycles. The van der Waals surface area contributed by atoms with E-state index >= 15 is 0 Å². The smallest absolute Gasteiger partial charge is 0.0997 e. The number of hydrogen-bond acceptors (Lipinski definition) is 2. The quantitative estimate of drug-likeness (QED) is 0.504. The fourth-order valence-corrected chi connectivity index (χ4v) is 1.73. The molecule has 0 aliphatic carbocycles. The van der Waals surface area contributed by atoms with Gasteiger partial charge in [-0.05, 0) is 19.9 Å². The van der Waals surface area contributed by atoms with Crippen molar-refractivity contribution in [3.63, 3.8) is 0 Å². The van der Waals surface area contributed by atoms with Crippen molar-refractivity contribution in [2.45, 2.75) is 32.0 Å². The van der Waals surface area contributed by atoms with Crippen molar-refractivity contribution in [1.29, 1.82) is 0 Å². The SMILES string of the molecule is CCN1CC[C@@]2(C)O[C@@H]2C1. The first-order valence-corrected chi connectivity index (χ1v) is 4.15. The van der Waals surface area contributed by atoms with E-state index in [2.05, 4.69) is 18.7 Å². The van der Waals surface area contributed by atoms with Gasteiger partial charge in [0.05, 0.1) is 11.7 Å². The lowest BCUT2D eigenvalue weighted by Gasteiger charge is -2.24. The second-order valence-corrected chi connectivity index (χ2v) is 3.56. The summed E-state index contributed by atoms with van der Waals surface area (Å²) in [5.74, 6) is 0. The van der Waals surface area contributed by atoms with Crippen molar-refractivity contribution in [2.75, 3.05) is 19.6 Å². The molecule has 0 bridgehead atoms. The molecule has 10 heavy (non-hydrogen) atoms. The molecule has 2 aliphatic heterocycles. The number of nitrogens with zero attached hydrogens (tertiary/aromatic N) is 1. The van der Waals surface area contributed by atoms with Crippen LogP contribution in [0.5, 0.6) is 0 Å². The Kier molecular flexibility index (Phi) is 1.29. The van der Waals surface area contributed by atoms with Gasteiger partial charge in [0.1, 0.15) is 0 Å². The van der Waals surface area contributed by atoms with Gasteiger partial charge in [-0.15, -0.1) is 0 Å². The molecule has 0 unspecified atom stereocenters. The molecule has 2 heteroatoms. The molecule has 0 aromatic carbocycles. The topological polar surface area (TPSA) is 15.8 Å². The van der Waals surface area contributed by atoms with Gasteiger partial charge >= 0.3 is 0 Å². The molecular formula is C8H15NO. The van der Waals surface area contributed by atoms with Crippen molar-refractivity contribution >= 4 is 0 Å². The summed E-state index contributed by atoms with van der Waals surface area (Å²) in [6.45, 7) is 8.00. The third kappa shape index (κ3) is 0.867. The van der Waals surface area contributed by atoms with E-state index in [9.17, 15) is 0 Å². The molecule has 0 spiro atoms. The summed E-state index contributed by atoms with van der Waals surface area (Å²) in [7, 11) is 0. The number of ether oxygens (including phenoxy) is 1. The van der Waals surface area contributed by atoms with E-state index < -0.39 is 0 Å². The van der Waals surface area contributed by atoms with Gasteiger partial charge in [-0.3, -0.25) is 0 Å². The number of hydrogen-bond donors (Lipinski definition) is 0. The number of rotatable bonds is 1. The van der Waals surface area contributed by atoms with Crippen LogP contribution in [-0.2, 0) is 4.74 Å². The van der Waals surface area contributed by atoms with Gasteiger partial charge in [0.2, 0.25) is 0 Å². The molecule has 2 rings (SSSR count). The molecule has 2 heterocycles. The van der Waals surface area contributed by atoms with Gasteiger partial charge in [0.25, 0.3) is 0 Å². The highest BCUT2D eigenvalue weighted by atomic mass is 16.6. The Morgan fingerprint density at radius 2 is 2.50 bits per heavy atom. The summed E-state index contributed by atoms with van der Waals surface area (Å²) in [6.07, 6.45) is 1.78.